The second-order valence-corrected chi connectivity index (χ2v) is 20.0. The van der Waals surface area contributed by atoms with Crippen molar-refractivity contribution < 1.29 is 0 Å². The molecule has 0 aromatic heterocycles. The number of rotatable bonds is 4. The summed E-state index contributed by atoms with van der Waals surface area (Å²) in [5.74, 6) is 0. The van der Waals surface area contributed by atoms with Gasteiger partial charge in [0.05, 0.1) is 8.07 Å². The molecule has 2 unspecified atom stereocenters. The molecular weight excluding hydrogens is 380 g/mol. The first-order valence-electron chi connectivity index (χ1n) is 10.9. The Morgan fingerprint density at radius 1 is 0.759 bits per heavy atom. The van der Waals surface area contributed by atoms with Crippen LogP contribution in [0.15, 0.2) is 65.3 Å². The molecule has 0 fully saturated rings. The molecule has 1 aliphatic carbocycles. The highest BCUT2D eigenvalue weighted by Gasteiger charge is 2.52. The fourth-order valence-corrected chi connectivity index (χ4v) is 11.8. The van der Waals surface area contributed by atoms with Gasteiger partial charge in [-0.2, -0.15) is 0 Å². The van der Waals surface area contributed by atoms with Gasteiger partial charge in [-0.1, -0.05) is 119 Å². The number of hydrogen-bond acceptors (Lipinski definition) is 0. The van der Waals surface area contributed by atoms with Gasteiger partial charge in [-0.3, -0.25) is 0 Å². The zero-order valence-electron chi connectivity index (χ0n) is 20.1. The molecule has 0 radical (unpaired) electrons. The molecule has 0 nitrogen and oxygen atoms in total. The van der Waals surface area contributed by atoms with Crippen LogP contribution in [0, 0.1) is 13.8 Å². The molecule has 3 rings (SSSR count). The van der Waals surface area contributed by atoms with E-state index >= 15 is 0 Å². The quantitative estimate of drug-likeness (QED) is 0.526. The van der Waals surface area contributed by atoms with Gasteiger partial charge in [0, 0.05) is 5.04 Å². The van der Waals surface area contributed by atoms with Crippen LogP contribution in [-0.2, 0) is 0 Å². The molecule has 1 aliphatic rings. The van der Waals surface area contributed by atoms with E-state index in [9.17, 15) is 0 Å². The SMILES string of the molecule is CC1=CC(C)([Si](C)(c2cc(C)cc([Si](C)(C)C)c2)c2ccccc2C)C(C)=C1C. The number of aryl methyl sites for hydroxylation is 2. The van der Waals surface area contributed by atoms with Crippen molar-refractivity contribution in [1.29, 1.82) is 0 Å². The fraction of sp³-hybridized carbons (Fsp3) is 0.407. The lowest BCUT2D eigenvalue weighted by Gasteiger charge is -2.45. The molecule has 2 atom stereocenters. The van der Waals surface area contributed by atoms with Crippen molar-refractivity contribution in [2.75, 3.05) is 0 Å². The monoisotopic (exact) mass is 418 g/mol. The predicted molar refractivity (Wildman–Crippen MR) is 137 cm³/mol. The second-order valence-electron chi connectivity index (χ2n) is 10.6. The van der Waals surface area contributed by atoms with Gasteiger partial charge < -0.3 is 0 Å². The lowest BCUT2D eigenvalue weighted by molar-refractivity contribution is 0.864. The first-order chi connectivity index (χ1) is 13.3. The van der Waals surface area contributed by atoms with E-state index in [0.29, 0.717) is 0 Å². The van der Waals surface area contributed by atoms with E-state index in [1.54, 1.807) is 21.1 Å². The number of allylic oxidation sites excluding steroid dienone is 4. The van der Waals surface area contributed by atoms with Gasteiger partial charge in [-0.15, -0.1) is 0 Å². The van der Waals surface area contributed by atoms with Crippen LogP contribution in [0.4, 0.5) is 0 Å². The molecule has 2 heteroatoms. The zero-order valence-corrected chi connectivity index (χ0v) is 22.1. The lowest BCUT2D eigenvalue weighted by Crippen LogP contribution is -2.64. The maximum atomic E-state index is 2.62. The van der Waals surface area contributed by atoms with E-state index < -0.39 is 16.1 Å². The Hall–Kier alpha value is -1.65. The Kier molecular flexibility index (Phi) is 5.51. The van der Waals surface area contributed by atoms with E-state index in [4.69, 9.17) is 0 Å². The molecule has 29 heavy (non-hydrogen) atoms. The Morgan fingerprint density at radius 3 is 1.86 bits per heavy atom. The summed E-state index contributed by atoms with van der Waals surface area (Å²) in [6.45, 7) is 24.1. The summed E-state index contributed by atoms with van der Waals surface area (Å²) in [4.78, 5) is 0. The van der Waals surface area contributed by atoms with E-state index in [1.807, 2.05) is 0 Å². The predicted octanol–water partition coefficient (Wildman–Crippen LogP) is 6.10. The minimum atomic E-state index is -2.14. The van der Waals surface area contributed by atoms with Crippen LogP contribution in [0.1, 0.15) is 38.8 Å². The van der Waals surface area contributed by atoms with Crippen molar-refractivity contribution in [2.24, 2.45) is 0 Å². The van der Waals surface area contributed by atoms with Gasteiger partial charge in [0.2, 0.25) is 0 Å². The van der Waals surface area contributed by atoms with Gasteiger partial charge in [-0.25, -0.2) is 0 Å². The molecule has 2 aromatic carbocycles. The summed E-state index contributed by atoms with van der Waals surface area (Å²) < 4.78 is 0. The average molecular weight is 419 g/mol. The highest BCUT2D eigenvalue weighted by Crippen LogP contribution is 2.53. The van der Waals surface area contributed by atoms with Gasteiger partial charge in [0.15, 0.2) is 0 Å². The van der Waals surface area contributed by atoms with Crippen molar-refractivity contribution in [3.8, 4) is 0 Å². The van der Waals surface area contributed by atoms with Crippen molar-refractivity contribution in [1.82, 2.24) is 0 Å². The van der Waals surface area contributed by atoms with Crippen molar-refractivity contribution in [3.05, 3.63) is 76.4 Å². The van der Waals surface area contributed by atoms with E-state index in [-0.39, 0.29) is 5.04 Å². The zero-order chi connectivity index (χ0) is 21.8. The molecule has 0 heterocycles. The topological polar surface area (TPSA) is 0 Å². The molecule has 0 saturated heterocycles. The third-order valence-corrected chi connectivity index (χ3v) is 15.4. The first-order valence-corrected chi connectivity index (χ1v) is 16.9. The number of benzene rings is 2. The molecule has 0 aliphatic heterocycles. The van der Waals surface area contributed by atoms with Crippen molar-refractivity contribution in [3.63, 3.8) is 0 Å². The highest BCUT2D eigenvalue weighted by molar-refractivity contribution is 7.05. The Labute approximate surface area is 180 Å². The summed E-state index contributed by atoms with van der Waals surface area (Å²) in [5, 5.41) is 4.83. The van der Waals surface area contributed by atoms with Crippen LogP contribution < -0.4 is 15.6 Å². The standard InChI is InChI=1S/C27H38Si2/c1-19-15-24(28(7,8)9)17-25(16-19)29(10,26-14-12-11-13-20(26)2)27(6)18-21(3)22(4)23(27)5/h11-18H,1-10H3. The van der Waals surface area contributed by atoms with Crippen LogP contribution >= 0.6 is 0 Å². The summed E-state index contributed by atoms with van der Waals surface area (Å²) in [5.41, 5.74) is 7.34. The smallest absolute Gasteiger partial charge is 0.0733 e. The average Bonchev–Trinajstić information content (AvgIpc) is 2.84. The summed E-state index contributed by atoms with van der Waals surface area (Å²) in [6, 6.07) is 16.7. The number of hydrogen-bond donors (Lipinski definition) is 0. The molecule has 0 amide bonds. The molecule has 0 saturated carbocycles. The van der Waals surface area contributed by atoms with Crippen LogP contribution in [0.25, 0.3) is 0 Å². The Bertz CT molecular complexity index is 1020. The Morgan fingerprint density at radius 2 is 1.34 bits per heavy atom. The van der Waals surface area contributed by atoms with E-state index in [1.165, 1.54) is 22.3 Å². The lowest BCUT2D eigenvalue weighted by atomic mass is 10.0. The third kappa shape index (κ3) is 3.45. The minimum absolute atomic E-state index is 0.0811. The summed E-state index contributed by atoms with van der Waals surface area (Å²) >= 11 is 0. The van der Waals surface area contributed by atoms with Gasteiger partial charge in [-0.05, 0) is 40.2 Å². The summed E-state index contributed by atoms with van der Waals surface area (Å²) in [7, 11) is -3.54. The molecule has 154 valence electrons. The highest BCUT2D eigenvalue weighted by atomic mass is 28.3. The third-order valence-electron chi connectivity index (χ3n) is 7.68. The van der Waals surface area contributed by atoms with Gasteiger partial charge >= 0.3 is 0 Å². The molecular formula is C27H38Si2. The molecule has 0 spiro atoms. The largest absolute Gasteiger partial charge is 0.128 e. The normalized spacial score (nSPS) is 21.9. The first kappa shape index (κ1) is 22.0. The maximum absolute atomic E-state index is 2.62. The van der Waals surface area contributed by atoms with E-state index in [0.717, 1.165) is 0 Å². The maximum Gasteiger partial charge on any atom is 0.128 e. The van der Waals surface area contributed by atoms with Crippen LogP contribution in [0.2, 0.25) is 31.2 Å². The molecule has 0 N–H and O–H groups in total. The molecule has 0 bridgehead atoms. The van der Waals surface area contributed by atoms with Gasteiger partial charge in [0.1, 0.15) is 8.07 Å². The van der Waals surface area contributed by atoms with Crippen LogP contribution in [-0.4, -0.2) is 16.1 Å². The van der Waals surface area contributed by atoms with Crippen molar-refractivity contribution >= 4 is 31.7 Å². The second kappa shape index (κ2) is 7.25. The fourth-order valence-electron chi connectivity index (χ4n) is 5.23. The molecule has 2 aromatic rings. The summed E-state index contributed by atoms with van der Waals surface area (Å²) in [6.07, 6.45) is 2.59. The van der Waals surface area contributed by atoms with Crippen LogP contribution in [0.5, 0.6) is 0 Å². The Balaban J connectivity index is 2.42. The van der Waals surface area contributed by atoms with Gasteiger partial charge in [0.25, 0.3) is 0 Å². The van der Waals surface area contributed by atoms with E-state index in [2.05, 4.69) is 116 Å². The minimum Gasteiger partial charge on any atom is -0.0733 e. The van der Waals surface area contributed by atoms with Crippen molar-refractivity contribution in [2.45, 2.75) is 72.8 Å². The van der Waals surface area contributed by atoms with Crippen LogP contribution in [0.3, 0.4) is 0 Å².